The van der Waals surface area contributed by atoms with Crippen molar-refractivity contribution in [1.29, 1.82) is 0 Å². The monoisotopic (exact) mass is 920 g/mol. The van der Waals surface area contributed by atoms with Crippen molar-refractivity contribution < 1.29 is 32.2 Å². The van der Waals surface area contributed by atoms with Crippen LogP contribution in [0.1, 0.15) is 24.8 Å². The van der Waals surface area contributed by atoms with Crippen LogP contribution in [-0.4, -0.2) is 100 Å². The number of nitrogens with zero attached hydrogens (tertiary/aromatic N) is 6. The molecule has 336 valence electrons. The van der Waals surface area contributed by atoms with Crippen LogP contribution in [0.3, 0.4) is 0 Å². The van der Waals surface area contributed by atoms with Gasteiger partial charge in [-0.05, 0) is 60.9 Å². The third-order valence-corrected chi connectivity index (χ3v) is 11.9. The number of rotatable bonds is 13. The van der Waals surface area contributed by atoms with Gasteiger partial charge in [0.15, 0.2) is 0 Å². The van der Waals surface area contributed by atoms with Gasteiger partial charge in [-0.25, -0.2) is 33.7 Å². The molecule has 64 heavy (non-hydrogen) atoms. The van der Waals surface area contributed by atoms with E-state index in [9.17, 15) is 18.4 Å². The molecular formula is C43H45Cl2F3N12O4. The second kappa shape index (κ2) is 21.0. The first-order valence-electron chi connectivity index (χ1n) is 20.9. The highest BCUT2D eigenvalue weighted by atomic mass is 35.5. The Labute approximate surface area is 376 Å². The lowest BCUT2D eigenvalue weighted by Crippen LogP contribution is -2.47. The summed E-state index contributed by atoms with van der Waals surface area (Å²) < 4.78 is 54.3. The second-order valence-corrected chi connectivity index (χ2v) is 16.7. The average Bonchev–Trinajstić information content (AvgIpc) is 3.60. The van der Waals surface area contributed by atoms with Gasteiger partial charge in [0.1, 0.15) is 40.6 Å². The Morgan fingerprint density at radius 3 is 2.25 bits per heavy atom. The van der Waals surface area contributed by atoms with Gasteiger partial charge in [0, 0.05) is 75.5 Å². The van der Waals surface area contributed by atoms with Gasteiger partial charge in [-0.2, -0.15) is 4.39 Å². The zero-order valence-electron chi connectivity index (χ0n) is 34.4. The summed E-state index contributed by atoms with van der Waals surface area (Å²) in [7, 11) is 0. The van der Waals surface area contributed by atoms with Crippen molar-refractivity contribution in [1.82, 2.24) is 40.5 Å². The predicted octanol–water partition coefficient (Wildman–Crippen LogP) is 5.97. The maximum Gasteiger partial charge on any atom is 0.239 e. The van der Waals surface area contributed by atoms with Gasteiger partial charge in [0.05, 0.1) is 65.5 Å². The lowest BCUT2D eigenvalue weighted by Gasteiger charge is -2.38. The van der Waals surface area contributed by atoms with E-state index in [0.29, 0.717) is 80.8 Å². The maximum absolute atomic E-state index is 15.2. The highest BCUT2D eigenvalue weighted by Gasteiger charge is 2.35. The van der Waals surface area contributed by atoms with E-state index < -0.39 is 23.5 Å². The van der Waals surface area contributed by atoms with Crippen LogP contribution >= 0.6 is 23.2 Å². The molecule has 3 saturated heterocycles. The highest BCUT2D eigenvalue weighted by molar-refractivity contribution is 6.33. The van der Waals surface area contributed by atoms with E-state index in [-0.39, 0.29) is 81.8 Å². The number of hydrogen-bond donors (Lipinski definition) is 6. The van der Waals surface area contributed by atoms with E-state index in [1.807, 2.05) is 0 Å². The summed E-state index contributed by atoms with van der Waals surface area (Å²) in [6, 6.07) is 6.35. The van der Waals surface area contributed by atoms with Gasteiger partial charge >= 0.3 is 0 Å². The molecule has 4 aromatic heterocycles. The van der Waals surface area contributed by atoms with Crippen LogP contribution in [-0.2, 0) is 25.6 Å². The Morgan fingerprint density at radius 1 is 0.734 bits per heavy atom. The van der Waals surface area contributed by atoms with Crippen molar-refractivity contribution in [3.05, 3.63) is 94.5 Å². The van der Waals surface area contributed by atoms with Gasteiger partial charge in [0.25, 0.3) is 0 Å². The summed E-state index contributed by atoms with van der Waals surface area (Å²) >= 11 is 13.0. The minimum absolute atomic E-state index is 0.0579. The van der Waals surface area contributed by atoms with Crippen molar-refractivity contribution >= 4 is 58.3 Å². The number of carbonyl (C=O) groups is 2. The lowest BCUT2D eigenvalue weighted by atomic mass is 9.81. The van der Waals surface area contributed by atoms with Crippen molar-refractivity contribution in [2.45, 2.75) is 31.9 Å². The molecule has 6 N–H and O–H groups in total. The summed E-state index contributed by atoms with van der Waals surface area (Å²) in [6.07, 6.45) is 9.06. The number of carbonyl (C=O) groups excluding carboxylic acids is 2. The molecule has 5 unspecified atom stereocenters. The first-order chi connectivity index (χ1) is 31.0. The zero-order valence-corrected chi connectivity index (χ0v) is 35.9. The van der Waals surface area contributed by atoms with Gasteiger partial charge in [-0.15, -0.1) is 0 Å². The fourth-order valence-corrected chi connectivity index (χ4v) is 8.35. The maximum atomic E-state index is 15.2. The molecule has 1 aromatic carbocycles. The Kier molecular flexibility index (Phi) is 14.7. The van der Waals surface area contributed by atoms with Gasteiger partial charge in [-0.3, -0.25) is 14.6 Å². The Bertz CT molecular complexity index is 2450. The molecule has 0 saturated carbocycles. The van der Waals surface area contributed by atoms with Gasteiger partial charge in [0.2, 0.25) is 17.8 Å². The molecule has 3 fully saturated rings. The topological polar surface area (TPSA) is 202 Å². The first-order valence-corrected chi connectivity index (χ1v) is 21.6. The van der Waals surface area contributed by atoms with Crippen molar-refractivity contribution in [3.8, 4) is 22.5 Å². The van der Waals surface area contributed by atoms with Crippen molar-refractivity contribution in [2.75, 3.05) is 73.8 Å². The number of aromatic nitrogens is 6. The third-order valence-electron chi connectivity index (χ3n) is 11.3. The van der Waals surface area contributed by atoms with Crippen LogP contribution < -0.4 is 31.9 Å². The fourth-order valence-electron chi connectivity index (χ4n) is 7.96. The Balaban J connectivity index is 0.852. The molecule has 5 aromatic rings. The SMILES string of the molecule is O=C(Nc1cc(-c2nc(NCC3CCOC(C4CNCC(C(=O)Nc5cc(-c6cncc(NCc7cc(F)cc(F)c7)n6)c(Cl)cn5)C4)C3)cnc2F)c(Cl)cn1)C1CNCCOC1. The van der Waals surface area contributed by atoms with E-state index in [0.717, 1.165) is 18.9 Å². The molecule has 0 bridgehead atoms. The molecule has 7 heterocycles. The molecule has 0 aliphatic carbocycles. The standard InChI is InChI=1S/C43H45Cl2F3N12O4/c44-32-17-54-36(10-30(32)34-19-51-20-38(57-34)53-13-24-5-28(46)9-29(47)6-24)59-42(61)26-8-25(14-50-15-26)35-7-23(1-3-64-35)12-52-39-21-56-41(48)40(58-39)31-11-37(55-18-33(31)45)60-43(62)27-16-49-2-4-63-22-27/h5-6,9-11,17-21,23,25-27,35,49-50H,1-4,7-8,12-16,22H2,(H,52,58)(H,53,57)(H,54,59,61)(H,55,60,62). The molecule has 3 aliphatic heterocycles. The summed E-state index contributed by atoms with van der Waals surface area (Å²) in [5, 5.41) is 19.0. The van der Waals surface area contributed by atoms with E-state index in [1.165, 1.54) is 49.2 Å². The molecule has 16 nitrogen and oxygen atoms in total. The van der Waals surface area contributed by atoms with Gasteiger partial charge < -0.3 is 41.4 Å². The van der Waals surface area contributed by atoms with Crippen LogP contribution in [0.15, 0.2) is 61.3 Å². The van der Waals surface area contributed by atoms with Crippen LogP contribution in [0.25, 0.3) is 22.5 Å². The Hall–Kier alpha value is -5.57. The number of anilines is 4. The molecule has 21 heteroatoms. The summed E-state index contributed by atoms with van der Waals surface area (Å²) in [6.45, 7) is 4.22. The minimum Gasteiger partial charge on any atom is -0.379 e. The quantitative estimate of drug-likeness (QED) is 0.0807. The van der Waals surface area contributed by atoms with E-state index >= 15 is 4.39 Å². The fraction of sp³-hybridized carbons (Fsp3) is 0.395. The summed E-state index contributed by atoms with van der Waals surface area (Å²) in [5.74, 6) is -2.05. The van der Waals surface area contributed by atoms with Crippen LogP contribution in [0.2, 0.25) is 10.0 Å². The van der Waals surface area contributed by atoms with Crippen molar-refractivity contribution in [3.63, 3.8) is 0 Å². The number of pyridine rings is 2. The molecule has 3 aliphatic rings. The number of benzene rings is 1. The number of amides is 2. The Morgan fingerprint density at radius 2 is 1.45 bits per heavy atom. The molecule has 8 rings (SSSR count). The van der Waals surface area contributed by atoms with Crippen LogP contribution in [0.5, 0.6) is 0 Å². The number of piperidine rings is 1. The second-order valence-electron chi connectivity index (χ2n) is 15.9. The number of hydrogen-bond acceptors (Lipinski definition) is 14. The van der Waals surface area contributed by atoms with Crippen molar-refractivity contribution in [2.24, 2.45) is 23.7 Å². The van der Waals surface area contributed by atoms with Crippen LogP contribution in [0, 0.1) is 41.3 Å². The van der Waals surface area contributed by atoms with Crippen LogP contribution in [0.4, 0.5) is 36.4 Å². The summed E-state index contributed by atoms with van der Waals surface area (Å²) in [5.41, 5.74) is 1.41. The van der Waals surface area contributed by atoms with E-state index in [2.05, 4.69) is 61.8 Å². The third kappa shape index (κ3) is 11.6. The van der Waals surface area contributed by atoms with E-state index in [4.69, 9.17) is 32.7 Å². The molecular weight excluding hydrogens is 876 g/mol. The van der Waals surface area contributed by atoms with E-state index in [1.54, 1.807) is 6.07 Å². The minimum atomic E-state index is -0.827. The largest absolute Gasteiger partial charge is 0.379 e. The average molecular weight is 922 g/mol. The molecule has 5 atom stereocenters. The number of ether oxygens (including phenoxy) is 2. The normalized spacial score (nSPS) is 21.4. The molecule has 2 amide bonds. The summed E-state index contributed by atoms with van der Waals surface area (Å²) in [4.78, 5) is 52.3. The number of nitrogens with one attached hydrogen (secondary N) is 6. The zero-order chi connectivity index (χ0) is 44.6. The lowest BCUT2D eigenvalue weighted by molar-refractivity contribution is -0.122. The molecule has 0 radical (unpaired) electrons. The highest BCUT2D eigenvalue weighted by Crippen LogP contribution is 2.34. The number of halogens is 5. The van der Waals surface area contributed by atoms with Gasteiger partial charge in [-0.1, -0.05) is 23.2 Å². The smallest absolute Gasteiger partial charge is 0.239 e. The molecule has 0 spiro atoms. The first kappa shape index (κ1) is 45.0. The predicted molar refractivity (Wildman–Crippen MR) is 234 cm³/mol.